The summed E-state index contributed by atoms with van der Waals surface area (Å²) in [6.45, 7) is -0.573. The first kappa shape index (κ1) is 18.0. The molecule has 24 heavy (non-hydrogen) atoms. The first-order valence-corrected chi connectivity index (χ1v) is 8.65. The van der Waals surface area contributed by atoms with E-state index >= 15 is 0 Å². The van der Waals surface area contributed by atoms with Gasteiger partial charge in [-0.2, -0.15) is 0 Å². The van der Waals surface area contributed by atoms with E-state index in [-0.39, 0.29) is 17.9 Å². The highest BCUT2D eigenvalue weighted by Gasteiger charge is 2.14. The van der Waals surface area contributed by atoms with Gasteiger partial charge in [-0.15, -0.1) is 0 Å². The molecule has 0 spiro atoms. The molecule has 8 heteroatoms. The summed E-state index contributed by atoms with van der Waals surface area (Å²) in [6.07, 6.45) is 0. The summed E-state index contributed by atoms with van der Waals surface area (Å²) < 4.78 is 56.4. The average Bonchev–Trinajstić information content (AvgIpc) is 2.55. The van der Waals surface area contributed by atoms with E-state index < -0.39 is 34.0 Å². The van der Waals surface area contributed by atoms with E-state index in [1.807, 2.05) is 0 Å². The summed E-state index contributed by atoms with van der Waals surface area (Å²) in [5.41, 5.74) is 0.210. The second-order valence-electron chi connectivity index (χ2n) is 4.87. The molecule has 0 aliphatic carbocycles. The lowest BCUT2D eigenvalue weighted by molar-refractivity contribution is 0.0997. The van der Waals surface area contributed by atoms with Crippen molar-refractivity contribution in [3.63, 3.8) is 0 Å². The first-order valence-electron chi connectivity index (χ1n) is 7.00. The van der Waals surface area contributed by atoms with Crippen LogP contribution >= 0.6 is 0 Å². The maximum atomic E-state index is 12.8. The molecule has 2 rings (SSSR count). The molecule has 2 aromatic rings. The SMILES string of the molecule is O=C(CNS(=O)(=O)CCOc1ccc(F)cc1)c1ccc(F)cc1. The van der Waals surface area contributed by atoms with E-state index in [4.69, 9.17) is 4.74 Å². The summed E-state index contributed by atoms with van der Waals surface area (Å²) in [6, 6.07) is 9.97. The minimum absolute atomic E-state index is 0.147. The van der Waals surface area contributed by atoms with Gasteiger partial charge in [0.1, 0.15) is 24.0 Å². The minimum atomic E-state index is -3.72. The molecule has 0 amide bonds. The number of halogens is 2. The Morgan fingerprint density at radius 1 is 0.958 bits per heavy atom. The molecule has 0 atom stereocenters. The summed E-state index contributed by atoms with van der Waals surface area (Å²) in [4.78, 5) is 11.8. The van der Waals surface area contributed by atoms with Crippen molar-refractivity contribution in [2.75, 3.05) is 18.9 Å². The maximum absolute atomic E-state index is 12.8. The molecule has 0 bridgehead atoms. The van der Waals surface area contributed by atoms with E-state index in [1.54, 1.807) is 0 Å². The molecular formula is C16H15F2NO4S. The molecule has 1 N–H and O–H groups in total. The molecule has 2 aromatic carbocycles. The number of carbonyl (C=O) groups is 1. The highest BCUT2D eigenvalue weighted by Crippen LogP contribution is 2.11. The molecule has 0 aromatic heterocycles. The number of hydrogen-bond donors (Lipinski definition) is 1. The van der Waals surface area contributed by atoms with Crippen molar-refractivity contribution in [1.82, 2.24) is 4.72 Å². The van der Waals surface area contributed by atoms with Gasteiger partial charge in [-0.05, 0) is 48.5 Å². The van der Waals surface area contributed by atoms with E-state index in [9.17, 15) is 22.0 Å². The van der Waals surface area contributed by atoms with Crippen LogP contribution in [0.1, 0.15) is 10.4 Å². The van der Waals surface area contributed by atoms with Gasteiger partial charge in [0, 0.05) is 5.56 Å². The van der Waals surface area contributed by atoms with Crippen LogP contribution in [0.5, 0.6) is 5.75 Å². The molecule has 0 heterocycles. The number of nitrogens with one attached hydrogen (secondary N) is 1. The molecule has 0 aliphatic heterocycles. The van der Waals surface area contributed by atoms with Gasteiger partial charge in [-0.25, -0.2) is 21.9 Å². The van der Waals surface area contributed by atoms with Gasteiger partial charge in [-0.1, -0.05) is 0 Å². The average molecular weight is 355 g/mol. The topological polar surface area (TPSA) is 72.5 Å². The van der Waals surface area contributed by atoms with Crippen LogP contribution in [0.4, 0.5) is 8.78 Å². The monoisotopic (exact) mass is 355 g/mol. The standard InChI is InChI=1S/C16H15F2NO4S/c17-13-3-1-12(2-4-13)16(20)11-19-24(21,22)10-9-23-15-7-5-14(18)6-8-15/h1-8,19H,9-11H2. The van der Waals surface area contributed by atoms with Gasteiger partial charge in [0.2, 0.25) is 10.0 Å². The van der Waals surface area contributed by atoms with Crippen molar-refractivity contribution in [1.29, 1.82) is 0 Å². The Hall–Kier alpha value is -2.32. The van der Waals surface area contributed by atoms with Crippen LogP contribution in [0, 0.1) is 11.6 Å². The molecule has 0 radical (unpaired) electrons. The summed E-state index contributed by atoms with van der Waals surface area (Å²) in [5, 5.41) is 0. The molecular weight excluding hydrogens is 340 g/mol. The third kappa shape index (κ3) is 5.71. The highest BCUT2D eigenvalue weighted by molar-refractivity contribution is 7.89. The number of Topliss-reactive ketones (excluding diaryl/α,β-unsaturated/α-hetero) is 1. The van der Waals surface area contributed by atoms with Gasteiger partial charge in [0.25, 0.3) is 0 Å². The van der Waals surface area contributed by atoms with Crippen molar-refractivity contribution >= 4 is 15.8 Å². The molecule has 0 fully saturated rings. The Kier molecular flexibility index (Phi) is 5.99. The lowest BCUT2D eigenvalue weighted by Gasteiger charge is -2.08. The van der Waals surface area contributed by atoms with Gasteiger partial charge >= 0.3 is 0 Å². The largest absolute Gasteiger partial charge is 0.492 e. The van der Waals surface area contributed by atoms with Crippen LogP contribution in [-0.2, 0) is 10.0 Å². The Morgan fingerprint density at radius 2 is 1.50 bits per heavy atom. The van der Waals surface area contributed by atoms with E-state index in [2.05, 4.69) is 4.72 Å². The minimum Gasteiger partial charge on any atom is -0.492 e. The zero-order chi connectivity index (χ0) is 17.6. The Labute approximate surface area is 138 Å². The predicted octanol–water partition coefficient (Wildman–Crippen LogP) is 2.15. The highest BCUT2D eigenvalue weighted by atomic mass is 32.2. The third-order valence-electron chi connectivity index (χ3n) is 3.05. The number of ether oxygens (including phenoxy) is 1. The molecule has 0 unspecified atom stereocenters. The molecule has 0 aliphatic rings. The number of ketones is 1. The van der Waals surface area contributed by atoms with Crippen LogP contribution < -0.4 is 9.46 Å². The van der Waals surface area contributed by atoms with E-state index in [0.717, 1.165) is 12.1 Å². The number of hydrogen-bond acceptors (Lipinski definition) is 4. The Bertz CT molecular complexity index is 790. The normalized spacial score (nSPS) is 11.2. The molecule has 5 nitrogen and oxygen atoms in total. The van der Waals surface area contributed by atoms with Gasteiger partial charge in [0.15, 0.2) is 5.78 Å². The third-order valence-corrected chi connectivity index (χ3v) is 4.34. The van der Waals surface area contributed by atoms with Crippen molar-refractivity contribution in [2.45, 2.75) is 0 Å². The van der Waals surface area contributed by atoms with Crippen molar-refractivity contribution in [3.8, 4) is 5.75 Å². The quantitative estimate of drug-likeness (QED) is 0.737. The number of carbonyl (C=O) groups excluding carboxylic acids is 1. The van der Waals surface area contributed by atoms with Gasteiger partial charge in [-0.3, -0.25) is 4.79 Å². The van der Waals surface area contributed by atoms with Gasteiger partial charge < -0.3 is 4.74 Å². The number of rotatable bonds is 8. The predicted molar refractivity (Wildman–Crippen MR) is 84.4 cm³/mol. The Balaban J connectivity index is 1.79. The number of benzene rings is 2. The lowest BCUT2D eigenvalue weighted by Crippen LogP contribution is -2.33. The van der Waals surface area contributed by atoms with Crippen LogP contribution in [0.2, 0.25) is 0 Å². The van der Waals surface area contributed by atoms with E-state index in [0.29, 0.717) is 5.75 Å². The lowest BCUT2D eigenvalue weighted by atomic mass is 10.1. The fraction of sp³-hybridized carbons (Fsp3) is 0.188. The van der Waals surface area contributed by atoms with Crippen LogP contribution in [0.15, 0.2) is 48.5 Å². The van der Waals surface area contributed by atoms with Crippen molar-refractivity contribution < 1.29 is 26.7 Å². The molecule has 128 valence electrons. The number of sulfonamides is 1. The molecule has 0 saturated heterocycles. The van der Waals surface area contributed by atoms with Crippen LogP contribution in [-0.4, -0.2) is 33.1 Å². The zero-order valence-electron chi connectivity index (χ0n) is 12.5. The molecule has 0 saturated carbocycles. The smallest absolute Gasteiger partial charge is 0.215 e. The maximum Gasteiger partial charge on any atom is 0.215 e. The summed E-state index contributed by atoms with van der Waals surface area (Å²) in [5.74, 6) is -1.39. The first-order chi connectivity index (χ1) is 11.4. The summed E-state index contributed by atoms with van der Waals surface area (Å²) in [7, 11) is -3.72. The van der Waals surface area contributed by atoms with Gasteiger partial charge in [0.05, 0.1) is 12.3 Å². The van der Waals surface area contributed by atoms with Crippen molar-refractivity contribution in [2.24, 2.45) is 0 Å². The zero-order valence-corrected chi connectivity index (χ0v) is 13.4. The Morgan fingerprint density at radius 3 is 2.08 bits per heavy atom. The second-order valence-corrected chi connectivity index (χ2v) is 6.80. The fourth-order valence-corrected chi connectivity index (χ4v) is 2.58. The van der Waals surface area contributed by atoms with Crippen molar-refractivity contribution in [3.05, 3.63) is 65.7 Å². The van der Waals surface area contributed by atoms with Crippen LogP contribution in [0.3, 0.4) is 0 Å². The second kappa shape index (κ2) is 7.98. The van der Waals surface area contributed by atoms with E-state index in [1.165, 1.54) is 36.4 Å². The fourth-order valence-electron chi connectivity index (χ4n) is 1.79. The summed E-state index contributed by atoms with van der Waals surface area (Å²) >= 11 is 0. The van der Waals surface area contributed by atoms with Crippen LogP contribution in [0.25, 0.3) is 0 Å².